The number of anilines is 1. The Labute approximate surface area is 316 Å². The van der Waals surface area contributed by atoms with Crippen LogP contribution in [0.5, 0.6) is 11.5 Å². The standard InChI is InChI=1S/C37H32Cl2F5N3O7/c38-25-16-26(39)29(47(50)19-25)17-31(23-8-9-30(52-35(41)42)32(15-23)53-36(43)44)51-34(48)24-5-3-4-21(14-24)18-46(28-7-2-1-6-27(28)40)37(49)54-33-20-45-12-10-22(33)11-13-45/h1-9,14-16,19,22,31,33,35-36H,10-13,17-18,20H2/t31-,33+/m1/s1. The van der Waals surface area contributed by atoms with E-state index in [1.807, 2.05) is 0 Å². The predicted molar refractivity (Wildman–Crippen MR) is 185 cm³/mol. The van der Waals surface area contributed by atoms with Crippen LogP contribution in [-0.2, 0) is 22.4 Å². The zero-order valence-electron chi connectivity index (χ0n) is 28.2. The van der Waals surface area contributed by atoms with Gasteiger partial charge in [0.05, 0.1) is 24.2 Å². The largest absolute Gasteiger partial charge is 0.618 e. The van der Waals surface area contributed by atoms with Gasteiger partial charge in [0.25, 0.3) is 0 Å². The number of halogens is 7. The van der Waals surface area contributed by atoms with Crippen LogP contribution in [0.2, 0.25) is 10.0 Å². The van der Waals surface area contributed by atoms with Gasteiger partial charge in [0.2, 0.25) is 5.69 Å². The molecule has 3 aliphatic heterocycles. The van der Waals surface area contributed by atoms with Gasteiger partial charge >= 0.3 is 25.3 Å². The van der Waals surface area contributed by atoms with Crippen LogP contribution < -0.4 is 19.1 Å². The second-order valence-electron chi connectivity index (χ2n) is 12.6. The lowest BCUT2D eigenvalue weighted by Gasteiger charge is -2.44. The average molecular weight is 797 g/mol. The minimum Gasteiger partial charge on any atom is -0.618 e. The third-order valence-electron chi connectivity index (χ3n) is 9.16. The van der Waals surface area contributed by atoms with Crippen LogP contribution in [0.1, 0.15) is 46.1 Å². The molecular weight excluding hydrogens is 764 g/mol. The van der Waals surface area contributed by atoms with Gasteiger partial charge in [0, 0.05) is 6.54 Å². The second-order valence-corrected chi connectivity index (χ2v) is 13.5. The van der Waals surface area contributed by atoms with E-state index in [1.54, 1.807) is 12.1 Å². The van der Waals surface area contributed by atoms with E-state index in [1.165, 1.54) is 42.5 Å². The summed E-state index contributed by atoms with van der Waals surface area (Å²) in [7, 11) is 0. The van der Waals surface area contributed by atoms with Crippen LogP contribution in [0.25, 0.3) is 0 Å². The first-order valence-corrected chi connectivity index (χ1v) is 17.5. The molecule has 54 heavy (non-hydrogen) atoms. The Morgan fingerprint density at radius 2 is 1.65 bits per heavy atom. The minimum atomic E-state index is -3.43. The number of ether oxygens (including phenoxy) is 4. The van der Waals surface area contributed by atoms with E-state index in [-0.39, 0.29) is 51.1 Å². The Morgan fingerprint density at radius 3 is 2.31 bits per heavy atom. The van der Waals surface area contributed by atoms with E-state index < -0.39 is 55.1 Å². The summed E-state index contributed by atoms with van der Waals surface area (Å²) in [6.45, 7) is -4.59. The zero-order valence-corrected chi connectivity index (χ0v) is 29.7. The molecule has 3 fully saturated rings. The van der Waals surface area contributed by atoms with Crippen LogP contribution in [0.15, 0.2) is 79.0 Å². The highest BCUT2D eigenvalue weighted by molar-refractivity contribution is 6.34. The molecule has 0 saturated carbocycles. The molecule has 3 saturated heterocycles. The number of carbonyl (C=O) groups is 2. The summed E-state index contributed by atoms with van der Waals surface area (Å²) in [6, 6.07) is 15.9. The smallest absolute Gasteiger partial charge is 0.415 e. The molecule has 0 spiro atoms. The number of alkyl halides is 4. The highest BCUT2D eigenvalue weighted by Crippen LogP contribution is 2.36. The molecule has 4 heterocycles. The quantitative estimate of drug-likeness (QED) is 0.0576. The number of esters is 1. The third-order valence-corrected chi connectivity index (χ3v) is 9.70. The molecule has 4 aromatic rings. The van der Waals surface area contributed by atoms with Crippen molar-refractivity contribution in [1.29, 1.82) is 0 Å². The molecule has 0 N–H and O–H groups in total. The van der Waals surface area contributed by atoms with Crippen molar-refractivity contribution in [2.45, 2.75) is 51.2 Å². The Hall–Kier alpha value is -4.86. The molecule has 286 valence electrons. The number of fused-ring (bicyclic) bond motifs is 3. The van der Waals surface area contributed by atoms with Crippen LogP contribution in [0, 0.1) is 16.9 Å². The van der Waals surface area contributed by atoms with E-state index >= 15 is 4.39 Å². The van der Waals surface area contributed by atoms with Gasteiger partial charge < -0.3 is 24.2 Å². The number of benzene rings is 3. The van der Waals surface area contributed by atoms with Crippen molar-refractivity contribution in [2.24, 2.45) is 5.92 Å². The summed E-state index contributed by atoms with van der Waals surface area (Å²) in [5.41, 5.74) is 0.122. The summed E-state index contributed by atoms with van der Waals surface area (Å²) in [6.07, 6.45) is -0.228. The van der Waals surface area contributed by atoms with E-state index in [9.17, 15) is 32.4 Å². The molecule has 3 aromatic carbocycles. The van der Waals surface area contributed by atoms with Crippen molar-refractivity contribution in [2.75, 3.05) is 24.5 Å². The molecule has 17 heteroatoms. The second kappa shape index (κ2) is 17.1. The molecule has 0 aliphatic carbocycles. The molecule has 1 aromatic heterocycles. The lowest BCUT2D eigenvalue weighted by Crippen LogP contribution is -2.53. The zero-order chi connectivity index (χ0) is 38.5. The maximum atomic E-state index is 15.1. The van der Waals surface area contributed by atoms with Crippen molar-refractivity contribution in [3.8, 4) is 11.5 Å². The summed E-state index contributed by atoms with van der Waals surface area (Å²) < 4.78 is 88.5. The van der Waals surface area contributed by atoms with Gasteiger partial charge in [-0.15, -0.1) is 0 Å². The van der Waals surface area contributed by atoms with Crippen molar-refractivity contribution >= 4 is 41.0 Å². The Kier molecular flexibility index (Phi) is 12.3. The topological polar surface area (TPSA) is 104 Å². The normalized spacial score (nSPS) is 18.4. The fourth-order valence-corrected chi connectivity index (χ4v) is 7.10. The van der Waals surface area contributed by atoms with Crippen LogP contribution in [0.4, 0.5) is 32.4 Å². The lowest BCUT2D eigenvalue weighted by atomic mass is 9.86. The van der Waals surface area contributed by atoms with E-state index in [2.05, 4.69) is 14.4 Å². The van der Waals surface area contributed by atoms with E-state index in [0.717, 1.165) is 55.2 Å². The Balaban J connectivity index is 1.28. The number of amides is 1. The van der Waals surface area contributed by atoms with Crippen LogP contribution in [0.3, 0.4) is 0 Å². The number of carbonyl (C=O) groups excluding carboxylic acids is 2. The molecule has 3 aliphatic rings. The molecule has 0 radical (unpaired) electrons. The molecule has 7 rings (SSSR count). The first-order chi connectivity index (χ1) is 25.8. The van der Waals surface area contributed by atoms with E-state index in [4.69, 9.17) is 32.7 Å². The van der Waals surface area contributed by atoms with E-state index in [0.29, 0.717) is 16.8 Å². The Morgan fingerprint density at radius 1 is 0.926 bits per heavy atom. The fourth-order valence-electron chi connectivity index (χ4n) is 6.57. The van der Waals surface area contributed by atoms with Gasteiger partial charge in [-0.05, 0) is 85.4 Å². The predicted octanol–water partition coefficient (Wildman–Crippen LogP) is 8.35. The number of hydrogen-bond donors (Lipinski definition) is 0. The van der Waals surface area contributed by atoms with Gasteiger partial charge in [-0.2, -0.15) is 22.3 Å². The molecular formula is C37H32Cl2F5N3O7. The number of nitrogens with zero attached hydrogens (tertiary/aromatic N) is 3. The van der Waals surface area contributed by atoms with Gasteiger partial charge in [-0.3, -0.25) is 9.80 Å². The lowest BCUT2D eigenvalue weighted by molar-refractivity contribution is -0.614. The monoisotopic (exact) mass is 795 g/mol. The van der Waals surface area contributed by atoms with Crippen molar-refractivity contribution in [1.82, 2.24) is 4.90 Å². The van der Waals surface area contributed by atoms with Crippen LogP contribution >= 0.6 is 23.2 Å². The van der Waals surface area contributed by atoms with Crippen molar-refractivity contribution < 1.29 is 55.2 Å². The summed E-state index contributed by atoms with van der Waals surface area (Å²) in [5, 5.41) is 12.7. The molecule has 1 amide bonds. The van der Waals surface area contributed by atoms with Gasteiger partial charge in [0.1, 0.15) is 28.1 Å². The number of piperidine rings is 3. The average Bonchev–Trinajstić information content (AvgIpc) is 3.13. The number of para-hydroxylation sites is 1. The molecule has 2 atom stereocenters. The van der Waals surface area contributed by atoms with Gasteiger partial charge in [-0.1, -0.05) is 53.5 Å². The summed E-state index contributed by atoms with van der Waals surface area (Å²) >= 11 is 12.2. The maximum Gasteiger partial charge on any atom is 0.415 e. The first-order valence-electron chi connectivity index (χ1n) is 16.7. The Bertz CT molecular complexity index is 1960. The summed E-state index contributed by atoms with van der Waals surface area (Å²) in [5.74, 6) is -2.96. The number of pyridine rings is 1. The molecule has 2 bridgehead atoms. The summed E-state index contributed by atoms with van der Waals surface area (Å²) in [4.78, 5) is 30.8. The molecule has 10 nitrogen and oxygen atoms in total. The van der Waals surface area contributed by atoms with Crippen molar-refractivity contribution in [3.05, 3.63) is 122 Å². The third kappa shape index (κ3) is 9.43. The van der Waals surface area contributed by atoms with Crippen LogP contribution in [-0.4, -0.2) is 55.9 Å². The number of rotatable bonds is 13. The van der Waals surface area contributed by atoms with Crippen molar-refractivity contribution in [3.63, 3.8) is 0 Å². The SMILES string of the molecule is O=C(O[C@H](Cc1c(Cl)cc(Cl)c[n+]1[O-])c1ccc(OC(F)F)c(OC(F)F)c1)c1cccc(CN(C(=O)O[C@H]2CN3CCC2CC3)c2ccccc2F)c1. The number of hydrogen-bond acceptors (Lipinski definition) is 8. The highest BCUT2D eigenvalue weighted by Gasteiger charge is 2.38. The maximum absolute atomic E-state index is 15.1. The van der Waals surface area contributed by atoms with Gasteiger partial charge in [-0.25, -0.2) is 14.0 Å². The first kappa shape index (κ1) is 38.9. The highest BCUT2D eigenvalue weighted by atomic mass is 35.5. The molecule has 0 unspecified atom stereocenters. The minimum absolute atomic E-state index is 0.00212. The number of aromatic nitrogens is 1. The van der Waals surface area contributed by atoms with Gasteiger partial charge in [0.15, 0.2) is 17.7 Å². The fraction of sp³-hybridized carbons (Fsp3) is 0.324.